The van der Waals surface area contributed by atoms with E-state index in [-0.39, 0.29) is 0 Å². The maximum atomic E-state index is 2.46. The third-order valence-electron chi connectivity index (χ3n) is 11.5. The second-order valence-electron chi connectivity index (χ2n) is 16.0. The van der Waals surface area contributed by atoms with Gasteiger partial charge in [0.05, 0.1) is 0 Å². The van der Waals surface area contributed by atoms with E-state index in [1.54, 1.807) is 0 Å². The van der Waals surface area contributed by atoms with Crippen LogP contribution in [0.1, 0.15) is 111 Å². The van der Waals surface area contributed by atoms with Crippen LogP contribution in [-0.2, 0) is 38.5 Å². The third kappa shape index (κ3) is 8.85. The lowest BCUT2D eigenvalue weighted by molar-refractivity contribution is 0.913. The summed E-state index contributed by atoms with van der Waals surface area (Å²) >= 11 is 0. The summed E-state index contributed by atoms with van der Waals surface area (Å²) in [5.41, 5.74) is 28.2. The molecule has 0 bridgehead atoms. The van der Waals surface area contributed by atoms with E-state index in [4.69, 9.17) is 0 Å². The first-order valence-electron chi connectivity index (χ1n) is 19.3. The van der Waals surface area contributed by atoms with E-state index in [0.717, 1.165) is 38.5 Å². The van der Waals surface area contributed by atoms with Gasteiger partial charge in [0.15, 0.2) is 0 Å². The molecule has 52 heavy (non-hydrogen) atoms. The second kappa shape index (κ2) is 15.9. The number of benzene rings is 6. The first kappa shape index (κ1) is 37.1. The van der Waals surface area contributed by atoms with Crippen molar-refractivity contribution in [1.82, 2.24) is 0 Å². The fraction of sp³-hybridized carbons (Fsp3) is 0.308. The molecule has 0 aliphatic carbocycles. The molecule has 266 valence electrons. The van der Waals surface area contributed by atoms with Crippen molar-refractivity contribution < 1.29 is 0 Å². The van der Waals surface area contributed by atoms with Crippen LogP contribution >= 0.6 is 0 Å². The summed E-state index contributed by atoms with van der Waals surface area (Å²) in [6, 6.07) is 37.6. The summed E-state index contributed by atoms with van der Waals surface area (Å²) in [5.74, 6) is 0. The fourth-order valence-corrected chi connectivity index (χ4v) is 8.10. The Morgan fingerprint density at radius 2 is 0.558 bits per heavy atom. The van der Waals surface area contributed by atoms with Gasteiger partial charge in [-0.05, 0) is 191 Å². The molecule has 0 spiro atoms. The fourth-order valence-electron chi connectivity index (χ4n) is 8.10. The molecule has 0 fully saturated rings. The summed E-state index contributed by atoms with van der Waals surface area (Å²) in [4.78, 5) is 0. The zero-order valence-electron chi connectivity index (χ0n) is 33.5. The molecule has 0 aliphatic heterocycles. The highest BCUT2D eigenvalue weighted by atomic mass is 14.2. The molecule has 0 aromatic heterocycles. The highest BCUT2D eigenvalue weighted by Gasteiger charge is 2.14. The highest BCUT2D eigenvalue weighted by Crippen LogP contribution is 2.29. The molecule has 6 aromatic carbocycles. The lowest BCUT2D eigenvalue weighted by atomic mass is 9.87. The van der Waals surface area contributed by atoms with Gasteiger partial charge in [-0.25, -0.2) is 0 Å². The van der Waals surface area contributed by atoms with Gasteiger partial charge in [-0.1, -0.05) is 125 Å². The molecule has 0 unspecified atom stereocenters. The van der Waals surface area contributed by atoms with E-state index in [2.05, 4.69) is 166 Å². The standard InChI is InChI=1S/C52H58/c1-33-11-15-38(6)45(21-33)29-47-27-41(9)48(28-40(47)8)31-51-23-35(3)13-17-43(51)19-20-44-18-14-36(4)24-52(44)32-50-26-37(5)25-49(42(50)10)30-46-22-34(2)12-16-39(46)7/h11-18,21-28H,19-20,29-32H2,1-10H3. The Balaban J connectivity index is 1.23. The average molecular weight is 683 g/mol. The van der Waals surface area contributed by atoms with Gasteiger partial charge in [0.25, 0.3) is 0 Å². The summed E-state index contributed by atoms with van der Waals surface area (Å²) in [7, 11) is 0. The summed E-state index contributed by atoms with van der Waals surface area (Å²) < 4.78 is 0. The maximum Gasteiger partial charge on any atom is -0.00201 e. The number of aryl methyl sites for hydroxylation is 11. The van der Waals surface area contributed by atoms with Crippen LogP contribution in [0.25, 0.3) is 0 Å². The van der Waals surface area contributed by atoms with Crippen molar-refractivity contribution in [1.29, 1.82) is 0 Å². The molecule has 0 N–H and O–H groups in total. The van der Waals surface area contributed by atoms with Crippen LogP contribution < -0.4 is 0 Å². The Labute approximate surface area is 315 Å². The van der Waals surface area contributed by atoms with Gasteiger partial charge in [-0.2, -0.15) is 0 Å². The Morgan fingerprint density at radius 3 is 1.00 bits per heavy atom. The average Bonchev–Trinajstić information content (AvgIpc) is 3.09. The van der Waals surface area contributed by atoms with Crippen LogP contribution in [0.4, 0.5) is 0 Å². The van der Waals surface area contributed by atoms with E-state index in [9.17, 15) is 0 Å². The number of hydrogen-bond donors (Lipinski definition) is 0. The van der Waals surface area contributed by atoms with Gasteiger partial charge in [-0.3, -0.25) is 0 Å². The molecule has 0 heterocycles. The van der Waals surface area contributed by atoms with Crippen LogP contribution in [-0.4, -0.2) is 0 Å². The van der Waals surface area contributed by atoms with Gasteiger partial charge >= 0.3 is 0 Å². The molecule has 0 heteroatoms. The molecular weight excluding hydrogens is 625 g/mol. The van der Waals surface area contributed by atoms with E-state index in [1.165, 1.54) is 111 Å². The van der Waals surface area contributed by atoms with Crippen molar-refractivity contribution in [3.05, 3.63) is 208 Å². The Bertz CT molecular complexity index is 2240. The summed E-state index contributed by atoms with van der Waals surface area (Å²) in [5, 5.41) is 0. The lowest BCUT2D eigenvalue weighted by Gasteiger charge is -2.18. The van der Waals surface area contributed by atoms with E-state index in [0.29, 0.717) is 0 Å². The molecule has 0 radical (unpaired) electrons. The molecular formula is C52H58. The smallest absolute Gasteiger partial charge is 0.00201 e. The van der Waals surface area contributed by atoms with E-state index in [1.807, 2.05) is 0 Å². The Morgan fingerprint density at radius 1 is 0.250 bits per heavy atom. The molecule has 6 rings (SSSR count). The van der Waals surface area contributed by atoms with Crippen molar-refractivity contribution in [3.8, 4) is 0 Å². The van der Waals surface area contributed by atoms with Crippen molar-refractivity contribution in [2.75, 3.05) is 0 Å². The zero-order chi connectivity index (χ0) is 37.1. The van der Waals surface area contributed by atoms with Crippen molar-refractivity contribution >= 4 is 0 Å². The normalized spacial score (nSPS) is 11.3. The number of rotatable bonds is 11. The molecule has 0 amide bonds. The summed E-state index contributed by atoms with van der Waals surface area (Å²) in [6.45, 7) is 22.5. The molecule has 0 saturated carbocycles. The van der Waals surface area contributed by atoms with Crippen LogP contribution in [0.2, 0.25) is 0 Å². The predicted octanol–water partition coefficient (Wildman–Crippen LogP) is 12.9. The molecule has 0 nitrogen and oxygen atoms in total. The van der Waals surface area contributed by atoms with E-state index >= 15 is 0 Å². The van der Waals surface area contributed by atoms with Gasteiger partial charge in [-0.15, -0.1) is 0 Å². The van der Waals surface area contributed by atoms with Crippen LogP contribution in [0.15, 0.2) is 97.1 Å². The Kier molecular flexibility index (Phi) is 11.4. The second-order valence-corrected chi connectivity index (χ2v) is 16.0. The van der Waals surface area contributed by atoms with Crippen molar-refractivity contribution in [3.63, 3.8) is 0 Å². The van der Waals surface area contributed by atoms with Crippen molar-refractivity contribution in [2.45, 2.75) is 108 Å². The number of hydrogen-bond acceptors (Lipinski definition) is 0. The first-order valence-corrected chi connectivity index (χ1v) is 19.3. The minimum Gasteiger partial charge on any atom is -0.0590 e. The van der Waals surface area contributed by atoms with Gasteiger partial charge in [0.2, 0.25) is 0 Å². The molecule has 0 aliphatic rings. The van der Waals surface area contributed by atoms with Crippen LogP contribution in [0.3, 0.4) is 0 Å². The maximum absolute atomic E-state index is 2.46. The molecule has 6 aromatic rings. The van der Waals surface area contributed by atoms with Gasteiger partial charge in [0.1, 0.15) is 0 Å². The predicted molar refractivity (Wildman–Crippen MR) is 225 cm³/mol. The minimum atomic E-state index is 0.970. The van der Waals surface area contributed by atoms with Crippen LogP contribution in [0.5, 0.6) is 0 Å². The topological polar surface area (TPSA) is 0 Å². The SMILES string of the molecule is Cc1ccc(C)c(Cc2cc(C)c(Cc3cc(C)ccc3CCc3ccc(C)cc3Cc3cc(C)cc(Cc4cc(C)ccc4C)c3C)cc2C)c1. The minimum absolute atomic E-state index is 0.970. The zero-order valence-corrected chi connectivity index (χ0v) is 33.5. The monoisotopic (exact) mass is 682 g/mol. The van der Waals surface area contributed by atoms with Crippen molar-refractivity contribution in [2.24, 2.45) is 0 Å². The quantitative estimate of drug-likeness (QED) is 0.128. The van der Waals surface area contributed by atoms with Gasteiger partial charge < -0.3 is 0 Å². The largest absolute Gasteiger partial charge is 0.0590 e. The first-order chi connectivity index (χ1) is 24.8. The summed E-state index contributed by atoms with van der Waals surface area (Å²) in [6.07, 6.45) is 6.00. The van der Waals surface area contributed by atoms with Crippen LogP contribution in [0, 0.1) is 69.2 Å². The van der Waals surface area contributed by atoms with E-state index < -0.39 is 0 Å². The molecule has 0 atom stereocenters. The Hall–Kier alpha value is -4.68. The van der Waals surface area contributed by atoms with Gasteiger partial charge in [0, 0.05) is 0 Å². The third-order valence-corrected chi connectivity index (χ3v) is 11.5. The molecule has 0 saturated heterocycles. The lowest BCUT2D eigenvalue weighted by Crippen LogP contribution is -2.05. The highest BCUT2D eigenvalue weighted by molar-refractivity contribution is 5.48.